The van der Waals surface area contributed by atoms with E-state index >= 15 is 0 Å². The maximum atomic E-state index is 5.75. The van der Waals surface area contributed by atoms with Crippen molar-refractivity contribution < 1.29 is 18.9 Å². The van der Waals surface area contributed by atoms with Crippen LogP contribution in [0.5, 0.6) is 23.0 Å². The summed E-state index contributed by atoms with van der Waals surface area (Å²) < 4.78 is 21.6. The van der Waals surface area contributed by atoms with E-state index < -0.39 is 0 Å². The van der Waals surface area contributed by atoms with Crippen LogP contribution >= 0.6 is 0 Å². The van der Waals surface area contributed by atoms with E-state index in [1.165, 1.54) is 0 Å². The predicted molar refractivity (Wildman–Crippen MR) is 74.7 cm³/mol. The number of rotatable bonds is 8. The topological polar surface area (TPSA) is 49.0 Å². The van der Waals surface area contributed by atoms with Crippen molar-refractivity contribution in [2.75, 3.05) is 41.5 Å². The normalized spacial score (nSPS) is 11.8. The van der Waals surface area contributed by atoms with Crippen molar-refractivity contribution in [1.29, 1.82) is 0 Å². The third-order valence-corrected chi connectivity index (χ3v) is 2.73. The summed E-state index contributed by atoms with van der Waals surface area (Å²) in [6.07, 6.45) is 0. The molecular formula is C14H23NO4. The van der Waals surface area contributed by atoms with Gasteiger partial charge >= 0.3 is 0 Å². The first-order valence-electron chi connectivity index (χ1n) is 6.23. The highest BCUT2D eigenvalue weighted by Gasteiger charge is 2.14. The molecule has 0 saturated heterocycles. The summed E-state index contributed by atoms with van der Waals surface area (Å²) >= 11 is 0. The van der Waals surface area contributed by atoms with Gasteiger partial charge in [-0.2, -0.15) is 0 Å². The minimum atomic E-state index is 0.420. The molecule has 1 atom stereocenters. The number of benzene rings is 1. The van der Waals surface area contributed by atoms with Gasteiger partial charge in [-0.1, -0.05) is 6.92 Å². The minimum Gasteiger partial charge on any atom is -0.493 e. The molecule has 1 aromatic rings. The second-order valence-electron chi connectivity index (χ2n) is 4.33. The van der Waals surface area contributed by atoms with Crippen molar-refractivity contribution in [3.63, 3.8) is 0 Å². The van der Waals surface area contributed by atoms with E-state index in [0.717, 1.165) is 6.54 Å². The minimum absolute atomic E-state index is 0.420. The molecule has 108 valence electrons. The Morgan fingerprint density at radius 3 is 2.05 bits per heavy atom. The van der Waals surface area contributed by atoms with Crippen molar-refractivity contribution in [3.8, 4) is 23.0 Å². The van der Waals surface area contributed by atoms with Crippen molar-refractivity contribution in [3.05, 3.63) is 12.1 Å². The third kappa shape index (κ3) is 4.21. The van der Waals surface area contributed by atoms with Crippen LogP contribution in [0.15, 0.2) is 12.1 Å². The lowest BCUT2D eigenvalue weighted by atomic mass is 10.2. The molecule has 19 heavy (non-hydrogen) atoms. The maximum Gasteiger partial charge on any atom is 0.203 e. The molecule has 0 aliphatic rings. The molecule has 5 heteroatoms. The van der Waals surface area contributed by atoms with Gasteiger partial charge in [0.1, 0.15) is 5.75 Å². The van der Waals surface area contributed by atoms with Crippen molar-refractivity contribution >= 4 is 0 Å². The van der Waals surface area contributed by atoms with Crippen LogP contribution in [0.25, 0.3) is 0 Å². The Kier molecular flexibility index (Phi) is 6.29. The molecule has 1 N–H and O–H groups in total. The predicted octanol–water partition coefficient (Wildman–Crippen LogP) is 1.95. The Balaban J connectivity index is 2.84. The summed E-state index contributed by atoms with van der Waals surface area (Å²) in [6, 6.07) is 3.60. The summed E-state index contributed by atoms with van der Waals surface area (Å²) in [7, 11) is 6.68. The van der Waals surface area contributed by atoms with Gasteiger partial charge < -0.3 is 24.3 Å². The number of hydrogen-bond donors (Lipinski definition) is 1. The molecule has 0 aromatic heterocycles. The van der Waals surface area contributed by atoms with Crippen LogP contribution in [0.3, 0.4) is 0 Å². The first kappa shape index (κ1) is 15.4. The molecule has 0 heterocycles. The van der Waals surface area contributed by atoms with Crippen LogP contribution in [0.4, 0.5) is 0 Å². The van der Waals surface area contributed by atoms with Crippen LogP contribution < -0.4 is 24.3 Å². The summed E-state index contributed by atoms with van der Waals surface area (Å²) in [4.78, 5) is 0. The monoisotopic (exact) mass is 269 g/mol. The van der Waals surface area contributed by atoms with Crippen molar-refractivity contribution in [2.24, 2.45) is 5.92 Å². The molecule has 0 bridgehead atoms. The van der Waals surface area contributed by atoms with Crippen LogP contribution in [0, 0.1) is 5.92 Å². The average Bonchev–Trinajstić information content (AvgIpc) is 2.44. The van der Waals surface area contributed by atoms with Gasteiger partial charge in [0.2, 0.25) is 5.75 Å². The van der Waals surface area contributed by atoms with Gasteiger partial charge in [0.25, 0.3) is 0 Å². The summed E-state index contributed by atoms with van der Waals surface area (Å²) in [5.41, 5.74) is 0. The van der Waals surface area contributed by atoms with E-state index in [4.69, 9.17) is 18.9 Å². The molecule has 1 unspecified atom stereocenters. The van der Waals surface area contributed by atoms with Gasteiger partial charge in [0.05, 0.1) is 27.9 Å². The first-order valence-corrected chi connectivity index (χ1v) is 6.23. The van der Waals surface area contributed by atoms with E-state index in [9.17, 15) is 0 Å². The molecule has 0 saturated carbocycles. The molecule has 0 amide bonds. The van der Waals surface area contributed by atoms with E-state index in [-0.39, 0.29) is 0 Å². The zero-order valence-electron chi connectivity index (χ0n) is 12.3. The first-order chi connectivity index (χ1) is 9.15. The summed E-state index contributed by atoms with van der Waals surface area (Å²) in [5.74, 6) is 2.89. The lowest BCUT2D eigenvalue weighted by Gasteiger charge is -2.16. The lowest BCUT2D eigenvalue weighted by molar-refractivity contribution is 0.253. The van der Waals surface area contributed by atoms with E-state index in [1.54, 1.807) is 33.5 Å². The summed E-state index contributed by atoms with van der Waals surface area (Å²) in [5, 5.41) is 3.12. The molecule has 0 aliphatic carbocycles. The fourth-order valence-corrected chi connectivity index (χ4v) is 1.79. The number of methoxy groups -OCH3 is 3. The zero-order chi connectivity index (χ0) is 14.3. The Bertz CT molecular complexity index is 370. The molecule has 1 aromatic carbocycles. The second kappa shape index (κ2) is 7.74. The van der Waals surface area contributed by atoms with Gasteiger partial charge in [0, 0.05) is 24.6 Å². The van der Waals surface area contributed by atoms with E-state index in [0.29, 0.717) is 35.5 Å². The zero-order valence-corrected chi connectivity index (χ0v) is 12.3. The van der Waals surface area contributed by atoms with Gasteiger partial charge in [0.15, 0.2) is 11.5 Å². The summed E-state index contributed by atoms with van der Waals surface area (Å²) in [6.45, 7) is 3.65. The van der Waals surface area contributed by atoms with Crippen molar-refractivity contribution in [2.45, 2.75) is 6.92 Å². The number of nitrogens with one attached hydrogen (secondary N) is 1. The molecular weight excluding hydrogens is 246 g/mol. The second-order valence-corrected chi connectivity index (χ2v) is 4.33. The van der Waals surface area contributed by atoms with Gasteiger partial charge in [-0.05, 0) is 7.05 Å². The Labute approximate surface area is 114 Å². The molecule has 0 radical (unpaired) electrons. The Hall–Kier alpha value is -1.62. The Morgan fingerprint density at radius 2 is 1.63 bits per heavy atom. The highest BCUT2D eigenvalue weighted by Crippen LogP contribution is 2.40. The maximum absolute atomic E-state index is 5.75. The van der Waals surface area contributed by atoms with Crippen LogP contribution in [0.2, 0.25) is 0 Å². The average molecular weight is 269 g/mol. The highest BCUT2D eigenvalue weighted by molar-refractivity contribution is 5.55. The van der Waals surface area contributed by atoms with Gasteiger partial charge in [-0.25, -0.2) is 0 Å². The van der Waals surface area contributed by atoms with Crippen LogP contribution in [-0.4, -0.2) is 41.5 Å². The quantitative estimate of drug-likeness (QED) is 0.781. The van der Waals surface area contributed by atoms with Gasteiger partial charge in [-0.15, -0.1) is 0 Å². The smallest absolute Gasteiger partial charge is 0.203 e. The third-order valence-electron chi connectivity index (χ3n) is 2.73. The molecule has 0 spiro atoms. The highest BCUT2D eigenvalue weighted by atomic mass is 16.5. The lowest BCUT2D eigenvalue weighted by Crippen LogP contribution is -2.21. The number of hydrogen-bond acceptors (Lipinski definition) is 5. The number of ether oxygens (including phenoxy) is 4. The fourth-order valence-electron chi connectivity index (χ4n) is 1.79. The van der Waals surface area contributed by atoms with Crippen molar-refractivity contribution in [1.82, 2.24) is 5.32 Å². The largest absolute Gasteiger partial charge is 0.493 e. The van der Waals surface area contributed by atoms with Gasteiger partial charge in [-0.3, -0.25) is 0 Å². The molecule has 0 fully saturated rings. The Morgan fingerprint density at radius 1 is 1.05 bits per heavy atom. The van der Waals surface area contributed by atoms with Crippen LogP contribution in [0.1, 0.15) is 6.92 Å². The molecule has 1 rings (SSSR count). The van der Waals surface area contributed by atoms with E-state index in [2.05, 4.69) is 12.2 Å². The fraction of sp³-hybridized carbons (Fsp3) is 0.571. The standard InChI is InChI=1S/C14H23NO4/c1-10(8-15-2)9-19-11-6-12(16-3)14(18-5)13(7-11)17-4/h6-7,10,15H,8-9H2,1-5H3. The molecule has 0 aliphatic heterocycles. The SMILES string of the molecule is CNCC(C)COc1cc(OC)c(OC)c(OC)c1. The van der Waals surface area contributed by atoms with Crippen LogP contribution in [-0.2, 0) is 0 Å². The van der Waals surface area contributed by atoms with E-state index in [1.807, 2.05) is 7.05 Å². The molecule has 5 nitrogen and oxygen atoms in total.